The first-order valence-corrected chi connectivity index (χ1v) is 12.8. The van der Waals surface area contributed by atoms with Crippen LogP contribution < -0.4 is 5.56 Å². The molecule has 0 amide bonds. The number of benzene rings is 1. The maximum atomic E-state index is 13.1. The number of H-pyrrole nitrogens is 1. The number of nitrogens with one attached hydrogen (secondary N) is 1. The van der Waals surface area contributed by atoms with Crippen molar-refractivity contribution in [3.63, 3.8) is 0 Å². The van der Waals surface area contributed by atoms with Gasteiger partial charge >= 0.3 is 0 Å². The molecule has 1 aliphatic carbocycles. The van der Waals surface area contributed by atoms with Crippen LogP contribution in [0.3, 0.4) is 0 Å². The Kier molecular flexibility index (Phi) is 6.79. The van der Waals surface area contributed by atoms with Gasteiger partial charge in [-0.25, -0.2) is 4.68 Å². The average Bonchev–Trinajstić information content (AvgIpc) is 3.59. The molecule has 1 saturated carbocycles. The molecule has 2 atom stereocenters. The van der Waals surface area contributed by atoms with Crippen molar-refractivity contribution in [3.05, 3.63) is 51.1 Å². The maximum absolute atomic E-state index is 13.1. The van der Waals surface area contributed by atoms with Crippen molar-refractivity contribution in [2.75, 3.05) is 13.2 Å². The number of aryl methyl sites for hydroxylation is 2. The molecule has 2 aromatic heterocycles. The van der Waals surface area contributed by atoms with Crippen LogP contribution >= 0.6 is 0 Å². The Hall–Kier alpha value is -2.58. The number of hydrogen-bond donors (Lipinski definition) is 1. The lowest BCUT2D eigenvalue weighted by atomic mass is 10.0. The predicted octanol–water partition coefficient (Wildman–Crippen LogP) is 4.38. The van der Waals surface area contributed by atoms with Gasteiger partial charge in [0.25, 0.3) is 5.56 Å². The minimum atomic E-state index is -0.0293. The first-order valence-electron chi connectivity index (χ1n) is 12.8. The fourth-order valence-electron chi connectivity index (χ4n) is 5.64. The minimum absolute atomic E-state index is 0.0228. The molecule has 2 aliphatic rings. The Morgan fingerprint density at radius 1 is 1.15 bits per heavy atom. The van der Waals surface area contributed by atoms with E-state index in [-0.39, 0.29) is 17.7 Å². The van der Waals surface area contributed by atoms with E-state index in [0.717, 1.165) is 67.5 Å². The van der Waals surface area contributed by atoms with Crippen molar-refractivity contribution in [1.82, 2.24) is 30.1 Å². The van der Waals surface area contributed by atoms with Gasteiger partial charge in [0, 0.05) is 30.8 Å². The Labute approximate surface area is 200 Å². The van der Waals surface area contributed by atoms with Crippen LogP contribution in [0, 0.1) is 13.8 Å². The molecule has 1 saturated heterocycles. The summed E-state index contributed by atoms with van der Waals surface area (Å²) in [5.74, 6) is 0.913. The van der Waals surface area contributed by atoms with Crippen LogP contribution in [0.1, 0.15) is 86.5 Å². The Bertz CT molecular complexity index is 1190. The molecule has 182 valence electrons. The largest absolute Gasteiger partial charge is 0.377 e. The van der Waals surface area contributed by atoms with Crippen molar-refractivity contribution in [1.29, 1.82) is 0 Å². The number of tetrazole rings is 1. The second-order valence-electron chi connectivity index (χ2n) is 10.1. The van der Waals surface area contributed by atoms with E-state index in [4.69, 9.17) is 4.74 Å². The van der Waals surface area contributed by atoms with E-state index < -0.39 is 0 Å². The van der Waals surface area contributed by atoms with Gasteiger partial charge in [-0.2, -0.15) is 0 Å². The molecule has 1 aromatic carbocycles. The second-order valence-corrected chi connectivity index (χ2v) is 10.1. The molecule has 1 aliphatic heterocycles. The zero-order valence-electron chi connectivity index (χ0n) is 20.6. The van der Waals surface area contributed by atoms with E-state index in [1.54, 1.807) is 0 Å². The predicted molar refractivity (Wildman–Crippen MR) is 132 cm³/mol. The van der Waals surface area contributed by atoms with Gasteiger partial charge in [-0.15, -0.1) is 5.10 Å². The summed E-state index contributed by atoms with van der Waals surface area (Å²) in [6.45, 7) is 8.47. The number of ether oxygens (including phenoxy) is 1. The number of rotatable bonds is 8. The van der Waals surface area contributed by atoms with Crippen LogP contribution in [0.25, 0.3) is 10.9 Å². The third-order valence-electron chi connectivity index (χ3n) is 7.69. The summed E-state index contributed by atoms with van der Waals surface area (Å²) in [4.78, 5) is 18.6. The first kappa shape index (κ1) is 23.2. The van der Waals surface area contributed by atoms with Gasteiger partial charge in [-0.3, -0.25) is 9.69 Å². The highest BCUT2D eigenvalue weighted by molar-refractivity contribution is 5.80. The molecule has 0 bridgehead atoms. The number of aromatic nitrogens is 5. The highest BCUT2D eigenvalue weighted by Gasteiger charge is 2.31. The van der Waals surface area contributed by atoms with Gasteiger partial charge in [0.1, 0.15) is 0 Å². The summed E-state index contributed by atoms with van der Waals surface area (Å²) in [6, 6.07) is 6.67. The number of hydrogen-bond acceptors (Lipinski definition) is 6. The summed E-state index contributed by atoms with van der Waals surface area (Å²) in [5, 5.41) is 14.0. The third-order valence-corrected chi connectivity index (χ3v) is 7.69. The first-order chi connectivity index (χ1) is 16.5. The quantitative estimate of drug-likeness (QED) is 0.532. The molecule has 3 aromatic rings. The number of pyridine rings is 1. The second kappa shape index (κ2) is 9.96. The number of aromatic amines is 1. The average molecular weight is 465 g/mol. The molecule has 8 heteroatoms. The maximum Gasteiger partial charge on any atom is 0.252 e. The molecule has 8 nitrogen and oxygen atoms in total. The van der Waals surface area contributed by atoms with Crippen molar-refractivity contribution < 1.29 is 4.74 Å². The highest BCUT2D eigenvalue weighted by Crippen LogP contribution is 2.33. The molecular formula is C26H36N6O2. The van der Waals surface area contributed by atoms with Crippen LogP contribution in [0.5, 0.6) is 0 Å². The molecule has 5 rings (SSSR count). The fraction of sp³-hybridized carbons (Fsp3) is 0.615. The Morgan fingerprint density at radius 3 is 2.68 bits per heavy atom. The van der Waals surface area contributed by atoms with E-state index in [1.165, 1.54) is 24.0 Å². The van der Waals surface area contributed by atoms with Gasteiger partial charge in [-0.05, 0) is 91.1 Å². The van der Waals surface area contributed by atoms with Crippen LogP contribution in [0.4, 0.5) is 0 Å². The summed E-state index contributed by atoms with van der Waals surface area (Å²) in [5.41, 5.74) is 4.04. The zero-order chi connectivity index (χ0) is 23.7. The van der Waals surface area contributed by atoms with Crippen LogP contribution in [-0.2, 0) is 11.3 Å². The summed E-state index contributed by atoms with van der Waals surface area (Å²) < 4.78 is 8.06. The zero-order valence-corrected chi connectivity index (χ0v) is 20.6. The van der Waals surface area contributed by atoms with Crippen molar-refractivity contribution in [2.45, 2.75) is 90.4 Å². The van der Waals surface area contributed by atoms with Gasteiger partial charge in [-0.1, -0.05) is 19.8 Å². The highest BCUT2D eigenvalue weighted by atomic mass is 16.5. The molecule has 3 heterocycles. The SMILES string of the molecule is CC[C@H](c1nnnn1C1CCCC1)N(Cc1cc2cc(C)c(C)cc2[nH]c1=O)C[C@@H]1CCCO1. The Morgan fingerprint density at radius 2 is 1.94 bits per heavy atom. The molecule has 34 heavy (non-hydrogen) atoms. The molecule has 0 radical (unpaired) electrons. The lowest BCUT2D eigenvalue weighted by molar-refractivity contribution is 0.0484. The minimum Gasteiger partial charge on any atom is -0.377 e. The molecular weight excluding hydrogens is 428 g/mol. The van der Waals surface area contributed by atoms with Crippen molar-refractivity contribution in [2.24, 2.45) is 0 Å². The normalized spacial score (nSPS) is 20.1. The summed E-state index contributed by atoms with van der Waals surface area (Å²) >= 11 is 0. The van der Waals surface area contributed by atoms with Crippen LogP contribution in [-0.4, -0.2) is 49.3 Å². The van der Waals surface area contributed by atoms with Gasteiger partial charge in [0.15, 0.2) is 5.82 Å². The van der Waals surface area contributed by atoms with Crippen molar-refractivity contribution >= 4 is 10.9 Å². The molecule has 0 spiro atoms. The van der Waals surface area contributed by atoms with Gasteiger partial charge < -0.3 is 9.72 Å². The number of fused-ring (bicyclic) bond motifs is 1. The molecule has 2 fully saturated rings. The third kappa shape index (κ3) is 4.66. The van der Waals surface area contributed by atoms with Crippen molar-refractivity contribution in [3.8, 4) is 0 Å². The van der Waals surface area contributed by atoms with E-state index >= 15 is 0 Å². The standard InChI is InChI=1S/C26H36N6O2/c1-4-24(25-28-29-30-32(25)21-8-5-6-9-21)31(16-22-10-7-11-34-22)15-20-14-19-12-17(2)18(3)13-23(19)27-26(20)33/h12-14,21-22,24H,4-11,15-16H2,1-3H3,(H,27,33)/t22-,24+/m0/s1. The smallest absolute Gasteiger partial charge is 0.252 e. The Balaban J connectivity index is 1.50. The molecule has 1 N–H and O–H groups in total. The van der Waals surface area contributed by atoms with Gasteiger partial charge in [0.05, 0.1) is 18.2 Å². The number of nitrogens with zero attached hydrogens (tertiary/aromatic N) is 5. The van der Waals surface area contributed by atoms with E-state index in [0.29, 0.717) is 12.6 Å². The molecule has 0 unspecified atom stereocenters. The topological polar surface area (TPSA) is 88.9 Å². The van der Waals surface area contributed by atoms with Crippen LogP contribution in [0.2, 0.25) is 0 Å². The van der Waals surface area contributed by atoms with E-state index in [1.807, 2.05) is 0 Å². The van der Waals surface area contributed by atoms with E-state index in [9.17, 15) is 4.79 Å². The lowest BCUT2D eigenvalue weighted by Gasteiger charge is -2.32. The lowest BCUT2D eigenvalue weighted by Crippen LogP contribution is -2.38. The van der Waals surface area contributed by atoms with Gasteiger partial charge in [0.2, 0.25) is 0 Å². The van der Waals surface area contributed by atoms with E-state index in [2.05, 4.69) is 69.1 Å². The summed E-state index contributed by atoms with van der Waals surface area (Å²) in [6.07, 6.45) is 7.89. The summed E-state index contributed by atoms with van der Waals surface area (Å²) in [7, 11) is 0. The fourth-order valence-corrected chi connectivity index (χ4v) is 5.64. The van der Waals surface area contributed by atoms with Crippen LogP contribution in [0.15, 0.2) is 23.0 Å². The monoisotopic (exact) mass is 464 g/mol.